The zero-order valence-electron chi connectivity index (χ0n) is 16.1. The van der Waals surface area contributed by atoms with Gasteiger partial charge in [0.15, 0.2) is 0 Å². The summed E-state index contributed by atoms with van der Waals surface area (Å²) in [5.41, 5.74) is 9.02. The number of carbonyl (C=O) groups excluding carboxylic acids is 1. The Morgan fingerprint density at radius 3 is 2.48 bits per heavy atom. The fourth-order valence-corrected chi connectivity index (χ4v) is 4.12. The van der Waals surface area contributed by atoms with E-state index in [0.717, 1.165) is 29.7 Å². The number of rotatable bonds is 6. The number of nitrogens with zero attached hydrogens (tertiary/aromatic N) is 2. The molecule has 1 heterocycles. The maximum Gasteiger partial charge on any atom is 0.238 e. The molecule has 140 valence electrons. The second-order valence-corrected chi connectivity index (χ2v) is 7.00. The molecule has 1 atom stereocenters. The maximum absolute atomic E-state index is 13.6. The van der Waals surface area contributed by atoms with Crippen LogP contribution in [0.1, 0.15) is 49.8 Å². The van der Waals surface area contributed by atoms with E-state index < -0.39 is 5.41 Å². The van der Waals surface area contributed by atoms with Gasteiger partial charge in [-0.2, -0.15) is 5.26 Å². The Kier molecular flexibility index (Phi) is 5.09. The molecule has 0 aliphatic carbocycles. The van der Waals surface area contributed by atoms with E-state index in [1.54, 1.807) is 18.1 Å². The Morgan fingerprint density at radius 1 is 1.22 bits per heavy atom. The van der Waals surface area contributed by atoms with E-state index in [2.05, 4.69) is 13.0 Å². The molecule has 0 saturated heterocycles. The third kappa shape index (κ3) is 3.02. The minimum atomic E-state index is -0.614. The Morgan fingerprint density at radius 2 is 1.93 bits per heavy atom. The highest BCUT2D eigenvalue weighted by molar-refractivity contribution is 6.09. The summed E-state index contributed by atoms with van der Waals surface area (Å²) in [5.74, 6) is 0.825. The second kappa shape index (κ2) is 7.32. The molecule has 0 radical (unpaired) electrons. The molecule has 2 N–H and O–H groups in total. The molecule has 0 aromatic heterocycles. The summed E-state index contributed by atoms with van der Waals surface area (Å²) >= 11 is 0. The van der Waals surface area contributed by atoms with Crippen LogP contribution in [0.5, 0.6) is 5.75 Å². The fourth-order valence-electron chi connectivity index (χ4n) is 4.12. The Hall–Kier alpha value is -3.00. The Balaban J connectivity index is 2.13. The average molecular weight is 363 g/mol. The van der Waals surface area contributed by atoms with Gasteiger partial charge < -0.3 is 15.4 Å². The van der Waals surface area contributed by atoms with Gasteiger partial charge >= 0.3 is 0 Å². The first kappa shape index (κ1) is 18.8. The monoisotopic (exact) mass is 363 g/mol. The van der Waals surface area contributed by atoms with Crippen LogP contribution in [-0.4, -0.2) is 13.0 Å². The highest BCUT2D eigenvalue weighted by Crippen LogP contribution is 2.49. The van der Waals surface area contributed by atoms with Crippen LogP contribution >= 0.6 is 0 Å². The van der Waals surface area contributed by atoms with Crippen molar-refractivity contribution in [3.8, 4) is 11.8 Å². The normalized spacial score (nSPS) is 18.3. The van der Waals surface area contributed by atoms with Crippen LogP contribution in [0.25, 0.3) is 0 Å². The molecule has 0 spiro atoms. The maximum atomic E-state index is 13.6. The molecular weight excluding hydrogens is 338 g/mol. The molecule has 3 rings (SSSR count). The van der Waals surface area contributed by atoms with Crippen molar-refractivity contribution in [2.75, 3.05) is 17.7 Å². The summed E-state index contributed by atoms with van der Waals surface area (Å²) < 4.78 is 5.21. The third-order valence-corrected chi connectivity index (χ3v) is 5.47. The SMILES string of the molecule is CCCC1(CC)C(=O)N(Cc2ccc(OC)cc2)c2c(C#N)cc(N)cc21. The summed E-state index contributed by atoms with van der Waals surface area (Å²) in [7, 11) is 1.62. The molecule has 0 bridgehead atoms. The Bertz CT molecular complexity index is 899. The number of fused-ring (bicyclic) bond motifs is 1. The van der Waals surface area contributed by atoms with Crippen molar-refractivity contribution in [3.05, 3.63) is 53.1 Å². The van der Waals surface area contributed by atoms with Gasteiger partial charge in [-0.15, -0.1) is 0 Å². The van der Waals surface area contributed by atoms with Crippen molar-refractivity contribution < 1.29 is 9.53 Å². The number of amides is 1. The number of nitrogens with two attached hydrogens (primary N) is 1. The van der Waals surface area contributed by atoms with Crippen LogP contribution in [0.4, 0.5) is 11.4 Å². The van der Waals surface area contributed by atoms with E-state index in [1.807, 2.05) is 37.3 Å². The number of hydrogen-bond donors (Lipinski definition) is 1. The van der Waals surface area contributed by atoms with Crippen LogP contribution in [0, 0.1) is 11.3 Å². The average Bonchev–Trinajstić information content (AvgIpc) is 2.91. The quantitative estimate of drug-likeness (QED) is 0.782. The van der Waals surface area contributed by atoms with Gasteiger partial charge in [0.2, 0.25) is 5.91 Å². The van der Waals surface area contributed by atoms with Crippen molar-refractivity contribution in [3.63, 3.8) is 0 Å². The first-order valence-electron chi connectivity index (χ1n) is 9.29. The van der Waals surface area contributed by atoms with Gasteiger partial charge in [0, 0.05) is 5.69 Å². The minimum Gasteiger partial charge on any atom is -0.497 e. The zero-order valence-corrected chi connectivity index (χ0v) is 16.1. The van der Waals surface area contributed by atoms with Gasteiger partial charge in [-0.1, -0.05) is 32.4 Å². The first-order valence-corrected chi connectivity index (χ1v) is 9.29. The molecule has 2 aromatic carbocycles. The van der Waals surface area contributed by atoms with Crippen molar-refractivity contribution >= 4 is 17.3 Å². The van der Waals surface area contributed by atoms with Crippen molar-refractivity contribution in [1.29, 1.82) is 5.26 Å². The molecule has 5 heteroatoms. The second-order valence-electron chi connectivity index (χ2n) is 7.00. The van der Waals surface area contributed by atoms with Crippen LogP contribution in [-0.2, 0) is 16.8 Å². The lowest BCUT2D eigenvalue weighted by atomic mass is 9.75. The van der Waals surface area contributed by atoms with Crippen LogP contribution in [0.3, 0.4) is 0 Å². The Labute approximate surface area is 160 Å². The number of methoxy groups -OCH3 is 1. The number of anilines is 2. The van der Waals surface area contributed by atoms with E-state index in [4.69, 9.17) is 10.5 Å². The van der Waals surface area contributed by atoms with E-state index in [0.29, 0.717) is 29.9 Å². The third-order valence-electron chi connectivity index (χ3n) is 5.47. The summed E-state index contributed by atoms with van der Waals surface area (Å²) in [6.07, 6.45) is 2.30. The van der Waals surface area contributed by atoms with E-state index in [1.165, 1.54) is 0 Å². The number of nitriles is 1. The van der Waals surface area contributed by atoms with Gasteiger partial charge in [0.05, 0.1) is 30.3 Å². The zero-order chi connectivity index (χ0) is 19.6. The highest BCUT2D eigenvalue weighted by Gasteiger charge is 2.50. The lowest BCUT2D eigenvalue weighted by Gasteiger charge is -2.27. The van der Waals surface area contributed by atoms with Gasteiger partial charge in [-0.05, 0) is 48.2 Å². The molecule has 0 fully saturated rings. The number of carbonyl (C=O) groups is 1. The van der Waals surface area contributed by atoms with E-state index >= 15 is 0 Å². The molecule has 1 aliphatic rings. The largest absolute Gasteiger partial charge is 0.497 e. The molecule has 2 aromatic rings. The minimum absolute atomic E-state index is 0.0553. The standard InChI is InChI=1S/C22H25N3O2/c1-4-10-22(5-2)19-12-17(24)11-16(13-23)20(19)25(21(22)26)14-15-6-8-18(27-3)9-7-15/h6-9,11-12H,4-5,10,14,24H2,1-3H3. The van der Waals surface area contributed by atoms with Crippen LogP contribution in [0.2, 0.25) is 0 Å². The predicted octanol–water partition coefficient (Wildman–Crippen LogP) is 4.14. The topological polar surface area (TPSA) is 79.3 Å². The van der Waals surface area contributed by atoms with Crippen molar-refractivity contribution in [2.24, 2.45) is 0 Å². The first-order chi connectivity index (χ1) is 13.0. The lowest BCUT2D eigenvalue weighted by Crippen LogP contribution is -2.39. The fraction of sp³-hybridized carbons (Fsp3) is 0.364. The number of hydrogen-bond acceptors (Lipinski definition) is 4. The molecular formula is C22H25N3O2. The summed E-state index contributed by atoms with van der Waals surface area (Å²) in [6.45, 7) is 4.53. The predicted molar refractivity (Wildman–Crippen MR) is 107 cm³/mol. The summed E-state index contributed by atoms with van der Waals surface area (Å²) in [4.78, 5) is 15.3. The summed E-state index contributed by atoms with van der Waals surface area (Å²) in [5, 5.41) is 9.68. The molecule has 5 nitrogen and oxygen atoms in total. The van der Waals surface area contributed by atoms with Crippen molar-refractivity contribution in [2.45, 2.75) is 45.1 Å². The van der Waals surface area contributed by atoms with Crippen molar-refractivity contribution in [1.82, 2.24) is 0 Å². The van der Waals surface area contributed by atoms with Gasteiger partial charge in [0.1, 0.15) is 11.8 Å². The van der Waals surface area contributed by atoms with Crippen LogP contribution in [0.15, 0.2) is 36.4 Å². The molecule has 1 unspecified atom stereocenters. The molecule has 0 saturated carbocycles. The van der Waals surface area contributed by atoms with Gasteiger partial charge in [-0.3, -0.25) is 4.79 Å². The van der Waals surface area contributed by atoms with E-state index in [-0.39, 0.29) is 5.91 Å². The van der Waals surface area contributed by atoms with Gasteiger partial charge in [0.25, 0.3) is 0 Å². The molecule has 1 amide bonds. The number of benzene rings is 2. The van der Waals surface area contributed by atoms with Crippen LogP contribution < -0.4 is 15.4 Å². The lowest BCUT2D eigenvalue weighted by molar-refractivity contribution is -0.123. The number of ether oxygens (including phenoxy) is 1. The van der Waals surface area contributed by atoms with Gasteiger partial charge in [-0.25, -0.2) is 0 Å². The molecule has 1 aliphatic heterocycles. The highest BCUT2D eigenvalue weighted by atomic mass is 16.5. The summed E-state index contributed by atoms with van der Waals surface area (Å²) in [6, 6.07) is 13.4. The smallest absolute Gasteiger partial charge is 0.238 e. The molecule has 27 heavy (non-hydrogen) atoms. The number of nitrogen functional groups attached to an aromatic ring is 1. The van der Waals surface area contributed by atoms with E-state index in [9.17, 15) is 10.1 Å².